The molecule has 0 aliphatic heterocycles. The second kappa shape index (κ2) is 6.71. The number of benzene rings is 1. The van der Waals surface area contributed by atoms with Crippen molar-refractivity contribution in [3.8, 4) is 6.07 Å². The Morgan fingerprint density at radius 1 is 1.38 bits per heavy atom. The highest BCUT2D eigenvalue weighted by Gasteiger charge is 2.17. The first-order chi connectivity index (χ1) is 10.2. The number of amides is 1. The van der Waals surface area contributed by atoms with Crippen LogP contribution in [-0.2, 0) is 4.79 Å². The molecule has 5 heteroatoms. The van der Waals surface area contributed by atoms with Crippen LogP contribution in [0.1, 0.15) is 19.4 Å². The van der Waals surface area contributed by atoms with E-state index in [0.29, 0.717) is 18.7 Å². The summed E-state index contributed by atoms with van der Waals surface area (Å²) in [5.41, 5.74) is 2.08. The molecule has 1 heterocycles. The van der Waals surface area contributed by atoms with Crippen LogP contribution in [0.5, 0.6) is 0 Å². The molecule has 1 aromatic heterocycles. The first-order valence-electron chi connectivity index (χ1n) is 7.00. The fourth-order valence-corrected chi connectivity index (χ4v) is 2.32. The summed E-state index contributed by atoms with van der Waals surface area (Å²) in [6, 6.07) is 9.82. The number of para-hydroxylation sites is 1. The van der Waals surface area contributed by atoms with Gasteiger partial charge in [0, 0.05) is 24.7 Å². The molecular formula is C16H18N4O. The molecule has 2 aromatic rings. The van der Waals surface area contributed by atoms with E-state index in [9.17, 15) is 10.1 Å². The Bertz CT molecular complexity index is 690. The maximum atomic E-state index is 11.9. The summed E-state index contributed by atoms with van der Waals surface area (Å²) in [6.07, 6.45) is 1.57. The molecule has 0 atom stereocenters. The quantitative estimate of drug-likeness (QED) is 0.911. The molecule has 0 aliphatic carbocycles. The number of likely N-dealkylation sites (N-methyl/N-ethyl adjacent to an activating group) is 2. The number of pyridine rings is 1. The predicted octanol–water partition coefficient (Wildman–Crippen LogP) is 2.07. The van der Waals surface area contributed by atoms with E-state index in [2.05, 4.69) is 16.4 Å². The van der Waals surface area contributed by atoms with Crippen LogP contribution < -0.4 is 10.2 Å². The largest absolute Gasteiger partial charge is 0.361 e. The normalized spacial score (nSPS) is 10.1. The summed E-state index contributed by atoms with van der Waals surface area (Å²) in [5.74, 6) is -0.0517. The van der Waals surface area contributed by atoms with Gasteiger partial charge in [-0.05, 0) is 19.9 Å². The van der Waals surface area contributed by atoms with Gasteiger partial charge in [-0.3, -0.25) is 9.78 Å². The minimum absolute atomic E-state index is 0.0517. The molecule has 0 aliphatic rings. The molecule has 0 spiro atoms. The second-order valence-electron chi connectivity index (χ2n) is 4.62. The molecule has 21 heavy (non-hydrogen) atoms. The number of carbonyl (C=O) groups excluding carboxylic acids is 1. The summed E-state index contributed by atoms with van der Waals surface area (Å²) >= 11 is 0. The van der Waals surface area contributed by atoms with Gasteiger partial charge in [-0.15, -0.1) is 0 Å². The zero-order valence-corrected chi connectivity index (χ0v) is 12.3. The topological polar surface area (TPSA) is 69.0 Å². The Labute approximate surface area is 124 Å². The molecule has 0 radical (unpaired) electrons. The van der Waals surface area contributed by atoms with Gasteiger partial charge in [0.25, 0.3) is 0 Å². The maximum Gasteiger partial charge on any atom is 0.239 e. The molecule has 5 nitrogen and oxygen atoms in total. The summed E-state index contributed by atoms with van der Waals surface area (Å²) in [6.45, 7) is 5.32. The summed E-state index contributed by atoms with van der Waals surface area (Å²) in [5, 5.41) is 13.0. The molecular weight excluding hydrogens is 264 g/mol. The Hall–Kier alpha value is -2.61. The average Bonchev–Trinajstić information content (AvgIpc) is 2.52. The van der Waals surface area contributed by atoms with Gasteiger partial charge in [-0.25, -0.2) is 0 Å². The van der Waals surface area contributed by atoms with Crippen molar-refractivity contribution < 1.29 is 4.79 Å². The van der Waals surface area contributed by atoms with Crippen molar-refractivity contribution in [3.63, 3.8) is 0 Å². The van der Waals surface area contributed by atoms with E-state index < -0.39 is 0 Å². The van der Waals surface area contributed by atoms with Crippen LogP contribution >= 0.6 is 0 Å². The SMILES string of the molecule is CCNC(=O)CN(CC)c1c(C#N)cnc2ccccc12. The van der Waals surface area contributed by atoms with E-state index in [1.165, 1.54) is 0 Å². The Morgan fingerprint density at radius 2 is 2.14 bits per heavy atom. The fourth-order valence-electron chi connectivity index (χ4n) is 2.32. The summed E-state index contributed by atoms with van der Waals surface area (Å²) < 4.78 is 0. The zero-order valence-electron chi connectivity index (χ0n) is 12.3. The highest BCUT2D eigenvalue weighted by Crippen LogP contribution is 2.28. The van der Waals surface area contributed by atoms with Crippen molar-refractivity contribution in [2.24, 2.45) is 0 Å². The van der Waals surface area contributed by atoms with Crippen LogP contribution in [0.2, 0.25) is 0 Å². The molecule has 0 bridgehead atoms. The van der Waals surface area contributed by atoms with Crippen LogP contribution in [0, 0.1) is 11.3 Å². The summed E-state index contributed by atoms with van der Waals surface area (Å²) in [7, 11) is 0. The first-order valence-corrected chi connectivity index (χ1v) is 7.00. The molecule has 0 saturated carbocycles. The van der Waals surface area contributed by atoms with E-state index in [0.717, 1.165) is 16.6 Å². The number of fused-ring (bicyclic) bond motifs is 1. The van der Waals surface area contributed by atoms with E-state index in [4.69, 9.17) is 0 Å². The Kier molecular flexibility index (Phi) is 4.72. The molecule has 0 unspecified atom stereocenters. The van der Waals surface area contributed by atoms with Crippen LogP contribution in [0.3, 0.4) is 0 Å². The van der Waals surface area contributed by atoms with Crippen LogP contribution in [0.4, 0.5) is 5.69 Å². The Morgan fingerprint density at radius 3 is 2.81 bits per heavy atom. The van der Waals surface area contributed by atoms with Crippen molar-refractivity contribution in [3.05, 3.63) is 36.0 Å². The highest BCUT2D eigenvalue weighted by molar-refractivity contribution is 5.96. The molecule has 0 saturated heterocycles. The van der Waals surface area contributed by atoms with E-state index in [-0.39, 0.29) is 12.5 Å². The van der Waals surface area contributed by atoms with Crippen LogP contribution in [-0.4, -0.2) is 30.5 Å². The van der Waals surface area contributed by atoms with Gasteiger partial charge in [-0.1, -0.05) is 18.2 Å². The van der Waals surface area contributed by atoms with E-state index in [1.807, 2.05) is 43.0 Å². The van der Waals surface area contributed by atoms with Crippen molar-refractivity contribution in [1.82, 2.24) is 10.3 Å². The second-order valence-corrected chi connectivity index (χ2v) is 4.62. The molecule has 2 rings (SSSR count). The minimum Gasteiger partial charge on any atom is -0.361 e. The fraction of sp³-hybridized carbons (Fsp3) is 0.312. The third-order valence-electron chi connectivity index (χ3n) is 3.27. The minimum atomic E-state index is -0.0517. The van der Waals surface area contributed by atoms with Gasteiger partial charge < -0.3 is 10.2 Å². The molecule has 1 amide bonds. The van der Waals surface area contributed by atoms with Crippen molar-refractivity contribution in [1.29, 1.82) is 5.26 Å². The first kappa shape index (κ1) is 14.8. The maximum absolute atomic E-state index is 11.9. The van der Waals surface area contributed by atoms with Crippen LogP contribution in [0.15, 0.2) is 30.5 Å². The predicted molar refractivity (Wildman–Crippen MR) is 83.0 cm³/mol. The smallest absolute Gasteiger partial charge is 0.239 e. The monoisotopic (exact) mass is 282 g/mol. The lowest BCUT2D eigenvalue weighted by molar-refractivity contribution is -0.119. The number of nitriles is 1. The number of aromatic nitrogens is 1. The Balaban J connectivity index is 2.51. The summed E-state index contributed by atoms with van der Waals surface area (Å²) in [4.78, 5) is 18.1. The van der Waals surface area contributed by atoms with Crippen LogP contribution in [0.25, 0.3) is 10.9 Å². The highest BCUT2D eigenvalue weighted by atomic mass is 16.2. The standard InChI is InChI=1S/C16H18N4O/c1-3-18-15(21)11-20(4-2)16-12(9-17)10-19-14-8-6-5-7-13(14)16/h5-8,10H,3-4,11H2,1-2H3,(H,18,21). The van der Waals surface area contributed by atoms with E-state index >= 15 is 0 Å². The van der Waals surface area contributed by atoms with Gasteiger partial charge in [0.1, 0.15) is 6.07 Å². The number of anilines is 1. The lowest BCUT2D eigenvalue weighted by Gasteiger charge is -2.24. The number of nitrogens with one attached hydrogen (secondary N) is 1. The van der Waals surface area contributed by atoms with Gasteiger partial charge >= 0.3 is 0 Å². The average molecular weight is 282 g/mol. The van der Waals surface area contributed by atoms with Gasteiger partial charge in [0.2, 0.25) is 5.91 Å². The van der Waals surface area contributed by atoms with Crippen molar-refractivity contribution >= 4 is 22.5 Å². The number of hydrogen-bond donors (Lipinski definition) is 1. The third kappa shape index (κ3) is 3.11. The molecule has 0 fully saturated rings. The molecule has 1 N–H and O–H groups in total. The van der Waals surface area contributed by atoms with Gasteiger partial charge in [0.05, 0.1) is 23.3 Å². The molecule has 108 valence electrons. The van der Waals surface area contributed by atoms with Crippen molar-refractivity contribution in [2.75, 3.05) is 24.5 Å². The van der Waals surface area contributed by atoms with Crippen molar-refractivity contribution in [2.45, 2.75) is 13.8 Å². The van der Waals surface area contributed by atoms with Gasteiger partial charge in [-0.2, -0.15) is 5.26 Å². The van der Waals surface area contributed by atoms with E-state index in [1.54, 1.807) is 6.20 Å². The molecule has 1 aromatic carbocycles. The third-order valence-corrected chi connectivity index (χ3v) is 3.27. The number of rotatable bonds is 5. The number of carbonyl (C=O) groups is 1. The van der Waals surface area contributed by atoms with Gasteiger partial charge in [0.15, 0.2) is 0 Å². The zero-order chi connectivity index (χ0) is 15.2. The lowest BCUT2D eigenvalue weighted by Crippen LogP contribution is -2.37. The lowest BCUT2D eigenvalue weighted by atomic mass is 10.1. The number of nitrogens with zero attached hydrogens (tertiary/aromatic N) is 3. The number of hydrogen-bond acceptors (Lipinski definition) is 4.